The largest absolute Gasteiger partial charge is 0.495 e. The van der Waals surface area contributed by atoms with Crippen molar-refractivity contribution in [1.29, 1.82) is 0 Å². The maximum absolute atomic E-state index is 9.37. The van der Waals surface area contributed by atoms with Crippen LogP contribution in [0.4, 0.5) is 0 Å². The van der Waals surface area contributed by atoms with Crippen molar-refractivity contribution in [1.82, 2.24) is 4.90 Å². The van der Waals surface area contributed by atoms with Gasteiger partial charge in [-0.15, -0.1) is 0 Å². The summed E-state index contributed by atoms with van der Waals surface area (Å²) in [6.45, 7) is 0. The molecule has 0 aromatic heterocycles. The van der Waals surface area contributed by atoms with E-state index in [0.29, 0.717) is 0 Å². The van der Waals surface area contributed by atoms with Crippen molar-refractivity contribution in [2.24, 2.45) is 0 Å². The van der Waals surface area contributed by atoms with E-state index in [1.807, 2.05) is 30.3 Å². The predicted octanol–water partition coefficient (Wildman–Crippen LogP) is 2.10. The van der Waals surface area contributed by atoms with Crippen LogP contribution in [0.2, 0.25) is 0 Å². The van der Waals surface area contributed by atoms with Gasteiger partial charge in [0.05, 0.1) is 0 Å². The Labute approximate surface area is 72.8 Å². The molecule has 0 radical (unpaired) electrons. The third-order valence-electron chi connectivity index (χ3n) is 1.55. The summed E-state index contributed by atoms with van der Waals surface area (Å²) in [7, 11) is 3.60. The van der Waals surface area contributed by atoms with Gasteiger partial charge in [0.25, 0.3) is 0 Å². The van der Waals surface area contributed by atoms with Gasteiger partial charge in [0, 0.05) is 20.2 Å². The van der Waals surface area contributed by atoms with E-state index in [9.17, 15) is 5.11 Å². The van der Waals surface area contributed by atoms with Gasteiger partial charge >= 0.3 is 0 Å². The summed E-state index contributed by atoms with van der Waals surface area (Å²) in [5, 5.41) is 9.37. The van der Waals surface area contributed by atoms with E-state index in [4.69, 9.17) is 0 Å². The van der Waals surface area contributed by atoms with E-state index in [1.54, 1.807) is 25.1 Å². The van der Waals surface area contributed by atoms with Crippen LogP contribution in [0.5, 0.6) is 0 Å². The summed E-state index contributed by atoms with van der Waals surface area (Å²) in [5.41, 5.74) is 1.00. The maximum atomic E-state index is 9.37. The van der Waals surface area contributed by atoms with Crippen LogP contribution in [0.1, 0.15) is 5.56 Å². The molecule has 64 valence electrons. The first kappa shape index (κ1) is 8.65. The van der Waals surface area contributed by atoms with Gasteiger partial charge in [-0.3, -0.25) is 0 Å². The average Bonchev–Trinajstić information content (AvgIpc) is 2.06. The lowest BCUT2D eigenvalue weighted by atomic mass is 10.2. The molecule has 2 heteroatoms. The van der Waals surface area contributed by atoms with Crippen molar-refractivity contribution < 1.29 is 5.11 Å². The summed E-state index contributed by atoms with van der Waals surface area (Å²) < 4.78 is 0. The molecule has 0 heterocycles. The van der Waals surface area contributed by atoms with Crippen molar-refractivity contribution in [3.63, 3.8) is 0 Å². The van der Waals surface area contributed by atoms with E-state index >= 15 is 0 Å². The minimum absolute atomic E-state index is 0.265. The maximum Gasteiger partial charge on any atom is 0.186 e. The monoisotopic (exact) mass is 163 g/mol. The van der Waals surface area contributed by atoms with Crippen LogP contribution in [0.25, 0.3) is 6.08 Å². The smallest absolute Gasteiger partial charge is 0.186 e. The zero-order chi connectivity index (χ0) is 8.97. The Kier molecular flexibility index (Phi) is 2.75. The van der Waals surface area contributed by atoms with Gasteiger partial charge in [-0.2, -0.15) is 0 Å². The van der Waals surface area contributed by atoms with E-state index in [2.05, 4.69) is 0 Å². The highest BCUT2D eigenvalue weighted by Gasteiger charge is 1.93. The molecule has 0 aliphatic carbocycles. The van der Waals surface area contributed by atoms with Crippen LogP contribution in [-0.2, 0) is 0 Å². The van der Waals surface area contributed by atoms with E-state index in [-0.39, 0.29) is 5.88 Å². The Bertz CT molecular complexity index is 264. The second-order valence-corrected chi connectivity index (χ2v) is 2.81. The minimum Gasteiger partial charge on any atom is -0.495 e. The summed E-state index contributed by atoms with van der Waals surface area (Å²) in [6, 6.07) is 9.72. The average molecular weight is 163 g/mol. The molecule has 1 aromatic rings. The highest BCUT2D eigenvalue weighted by Crippen LogP contribution is 2.05. The van der Waals surface area contributed by atoms with Gasteiger partial charge in [-0.05, 0) is 5.56 Å². The topological polar surface area (TPSA) is 23.5 Å². The molecule has 12 heavy (non-hydrogen) atoms. The molecule has 0 unspecified atom stereocenters. The van der Waals surface area contributed by atoms with E-state index in [1.165, 1.54) is 0 Å². The first-order valence-electron chi connectivity index (χ1n) is 3.83. The van der Waals surface area contributed by atoms with Crippen molar-refractivity contribution in [3.05, 3.63) is 41.8 Å². The number of rotatable bonds is 2. The number of aliphatic hydroxyl groups excluding tert-OH is 1. The second-order valence-electron chi connectivity index (χ2n) is 2.81. The lowest BCUT2D eigenvalue weighted by Gasteiger charge is -2.09. The quantitative estimate of drug-likeness (QED) is 0.675. The van der Waals surface area contributed by atoms with Gasteiger partial charge in [0.1, 0.15) is 0 Å². The highest BCUT2D eigenvalue weighted by molar-refractivity contribution is 5.50. The Balaban J connectivity index is 2.81. The normalized spacial score (nSPS) is 11.3. The molecule has 1 aromatic carbocycles. The summed E-state index contributed by atoms with van der Waals surface area (Å²) in [5.74, 6) is 0.265. The minimum atomic E-state index is 0.265. The first-order chi connectivity index (χ1) is 5.70. The second kappa shape index (κ2) is 3.81. The molecule has 0 fully saturated rings. The van der Waals surface area contributed by atoms with Gasteiger partial charge in [-0.25, -0.2) is 0 Å². The fraction of sp³-hybridized carbons (Fsp3) is 0.200. The van der Waals surface area contributed by atoms with Crippen LogP contribution < -0.4 is 0 Å². The van der Waals surface area contributed by atoms with Gasteiger partial charge < -0.3 is 10.0 Å². The molecule has 1 N–H and O–H groups in total. The Morgan fingerprint density at radius 3 is 2.33 bits per heavy atom. The Morgan fingerprint density at radius 1 is 1.25 bits per heavy atom. The third-order valence-corrected chi connectivity index (χ3v) is 1.55. The molecule has 0 atom stereocenters. The zero-order valence-electron chi connectivity index (χ0n) is 7.36. The molecule has 0 saturated heterocycles. The van der Waals surface area contributed by atoms with Crippen molar-refractivity contribution in [3.8, 4) is 0 Å². The third kappa shape index (κ3) is 2.31. The number of hydrogen-bond acceptors (Lipinski definition) is 2. The number of hydrogen-bond donors (Lipinski definition) is 1. The van der Waals surface area contributed by atoms with Crippen LogP contribution in [0.3, 0.4) is 0 Å². The molecular weight excluding hydrogens is 150 g/mol. The number of benzene rings is 1. The summed E-state index contributed by atoms with van der Waals surface area (Å²) in [4.78, 5) is 1.66. The van der Waals surface area contributed by atoms with Crippen molar-refractivity contribution in [2.75, 3.05) is 14.1 Å². The molecule has 0 bridgehead atoms. The standard InChI is InChI=1S/C10H13NO/c1-11(2)10(12)8-9-6-4-3-5-7-9/h3-8,12H,1-2H3. The molecule has 0 aliphatic heterocycles. The molecule has 0 amide bonds. The first-order valence-corrected chi connectivity index (χ1v) is 3.83. The Morgan fingerprint density at radius 2 is 1.83 bits per heavy atom. The van der Waals surface area contributed by atoms with Crippen molar-refractivity contribution in [2.45, 2.75) is 0 Å². The fourth-order valence-electron chi connectivity index (χ4n) is 0.827. The Hall–Kier alpha value is -1.44. The molecule has 0 saturated carbocycles. The van der Waals surface area contributed by atoms with Gasteiger partial charge in [-0.1, -0.05) is 30.3 Å². The number of nitrogens with zero attached hydrogens (tertiary/aromatic N) is 1. The van der Waals surface area contributed by atoms with Gasteiger partial charge in [0.2, 0.25) is 0 Å². The molecular formula is C10H13NO. The molecule has 1 rings (SSSR count). The lowest BCUT2D eigenvalue weighted by Crippen LogP contribution is -2.09. The molecule has 0 aliphatic rings. The molecule has 0 spiro atoms. The van der Waals surface area contributed by atoms with Gasteiger partial charge in [0.15, 0.2) is 5.88 Å². The summed E-state index contributed by atoms with van der Waals surface area (Å²) >= 11 is 0. The van der Waals surface area contributed by atoms with E-state index < -0.39 is 0 Å². The van der Waals surface area contributed by atoms with Crippen LogP contribution >= 0.6 is 0 Å². The highest BCUT2D eigenvalue weighted by atomic mass is 16.3. The van der Waals surface area contributed by atoms with E-state index in [0.717, 1.165) is 5.56 Å². The molecule has 2 nitrogen and oxygen atoms in total. The predicted molar refractivity (Wildman–Crippen MR) is 50.7 cm³/mol. The number of aliphatic hydroxyl groups is 1. The fourth-order valence-corrected chi connectivity index (χ4v) is 0.827. The zero-order valence-corrected chi connectivity index (χ0v) is 7.36. The summed E-state index contributed by atoms with van der Waals surface area (Å²) in [6.07, 6.45) is 1.72. The van der Waals surface area contributed by atoms with Crippen LogP contribution in [0, 0.1) is 0 Å². The SMILES string of the molecule is CN(C)C(O)=Cc1ccccc1. The lowest BCUT2D eigenvalue weighted by molar-refractivity contribution is 0.269. The van der Waals surface area contributed by atoms with Crippen LogP contribution in [-0.4, -0.2) is 24.1 Å². The van der Waals surface area contributed by atoms with Crippen LogP contribution in [0.15, 0.2) is 36.2 Å². The van der Waals surface area contributed by atoms with Crippen molar-refractivity contribution >= 4 is 6.08 Å².